The van der Waals surface area contributed by atoms with Gasteiger partial charge >= 0.3 is 0 Å². The lowest BCUT2D eigenvalue weighted by Gasteiger charge is -2.07. The molecule has 0 atom stereocenters. The predicted octanol–water partition coefficient (Wildman–Crippen LogP) is 0.736. The summed E-state index contributed by atoms with van der Waals surface area (Å²) in [7, 11) is 1.65. The van der Waals surface area contributed by atoms with Crippen LogP contribution in [0.4, 0.5) is 0 Å². The van der Waals surface area contributed by atoms with Crippen molar-refractivity contribution in [2.24, 2.45) is 5.73 Å². The second kappa shape index (κ2) is 11.7. The van der Waals surface area contributed by atoms with Gasteiger partial charge in [-0.3, -0.25) is 4.98 Å². The highest BCUT2D eigenvalue weighted by atomic mass is 16.6. The summed E-state index contributed by atoms with van der Waals surface area (Å²) in [4.78, 5) is 4.34. The van der Waals surface area contributed by atoms with E-state index in [4.69, 9.17) is 24.7 Å². The van der Waals surface area contributed by atoms with Gasteiger partial charge in [-0.15, -0.1) is 0 Å². The van der Waals surface area contributed by atoms with Gasteiger partial charge < -0.3 is 24.7 Å². The molecule has 0 aliphatic carbocycles. The molecular weight excluding hydrogens is 260 g/mol. The first-order chi connectivity index (χ1) is 9.86. The molecule has 1 heterocycles. The maximum Gasteiger partial charge on any atom is 0.0889 e. The first kappa shape index (κ1) is 17.0. The molecule has 2 N–H and O–H groups in total. The van der Waals surface area contributed by atoms with E-state index >= 15 is 0 Å². The van der Waals surface area contributed by atoms with E-state index < -0.39 is 0 Å². The third-order valence-electron chi connectivity index (χ3n) is 2.50. The molecule has 0 saturated carbocycles. The first-order valence-corrected chi connectivity index (χ1v) is 6.74. The normalized spacial score (nSPS) is 10.9. The number of ether oxygens (including phenoxy) is 4. The Morgan fingerprint density at radius 1 is 0.900 bits per heavy atom. The van der Waals surface area contributed by atoms with Gasteiger partial charge in [0, 0.05) is 13.7 Å². The van der Waals surface area contributed by atoms with Crippen molar-refractivity contribution in [1.29, 1.82) is 0 Å². The minimum Gasteiger partial charge on any atom is -0.382 e. The lowest BCUT2D eigenvalue weighted by atomic mass is 10.3. The third-order valence-corrected chi connectivity index (χ3v) is 2.50. The molecule has 0 unspecified atom stereocenters. The number of hydrogen-bond acceptors (Lipinski definition) is 6. The van der Waals surface area contributed by atoms with Crippen LogP contribution in [0.25, 0.3) is 0 Å². The summed E-state index contributed by atoms with van der Waals surface area (Å²) >= 11 is 0. The van der Waals surface area contributed by atoms with Gasteiger partial charge in [0.2, 0.25) is 0 Å². The summed E-state index contributed by atoms with van der Waals surface area (Å²) in [5, 5.41) is 0. The molecule has 0 aromatic carbocycles. The summed E-state index contributed by atoms with van der Waals surface area (Å²) in [6.07, 6.45) is 0. The van der Waals surface area contributed by atoms with Gasteiger partial charge in [0.05, 0.1) is 57.6 Å². The fourth-order valence-electron chi connectivity index (χ4n) is 1.48. The van der Waals surface area contributed by atoms with Crippen molar-refractivity contribution in [1.82, 2.24) is 4.98 Å². The van der Waals surface area contributed by atoms with Gasteiger partial charge in [-0.1, -0.05) is 6.07 Å². The van der Waals surface area contributed by atoms with Crippen molar-refractivity contribution in [3.8, 4) is 0 Å². The molecule has 1 rings (SSSR count). The highest BCUT2D eigenvalue weighted by Crippen LogP contribution is 2.00. The Bertz CT molecular complexity index is 350. The number of aromatic nitrogens is 1. The van der Waals surface area contributed by atoms with E-state index in [1.54, 1.807) is 7.11 Å². The summed E-state index contributed by atoms with van der Waals surface area (Å²) < 4.78 is 21.0. The molecule has 20 heavy (non-hydrogen) atoms. The molecule has 0 amide bonds. The molecule has 0 aliphatic rings. The van der Waals surface area contributed by atoms with Crippen LogP contribution in [0.1, 0.15) is 11.4 Å². The first-order valence-electron chi connectivity index (χ1n) is 6.74. The minimum absolute atomic E-state index is 0.444. The summed E-state index contributed by atoms with van der Waals surface area (Å²) in [5.41, 5.74) is 7.28. The van der Waals surface area contributed by atoms with E-state index in [1.807, 2.05) is 18.2 Å². The van der Waals surface area contributed by atoms with E-state index in [-0.39, 0.29) is 0 Å². The van der Waals surface area contributed by atoms with Crippen molar-refractivity contribution in [3.05, 3.63) is 29.6 Å². The lowest BCUT2D eigenvalue weighted by molar-refractivity contribution is 0.000453. The standard InChI is InChI=1S/C14H24N2O4/c1-17-5-6-18-7-8-19-9-10-20-12-14-4-2-3-13(11-15)16-14/h2-4H,5-12,15H2,1H3. The summed E-state index contributed by atoms with van der Waals surface area (Å²) in [6, 6.07) is 5.75. The Hall–Kier alpha value is -1.05. The molecule has 0 fully saturated rings. The van der Waals surface area contributed by atoms with Gasteiger partial charge in [-0.2, -0.15) is 0 Å². The van der Waals surface area contributed by atoms with Crippen molar-refractivity contribution in [2.75, 3.05) is 46.8 Å². The van der Waals surface area contributed by atoms with Crippen LogP contribution in [0, 0.1) is 0 Å². The second-order valence-corrected chi connectivity index (χ2v) is 4.09. The Kier molecular flexibility index (Phi) is 9.99. The number of pyridine rings is 1. The monoisotopic (exact) mass is 284 g/mol. The van der Waals surface area contributed by atoms with Crippen LogP contribution in [0.2, 0.25) is 0 Å². The van der Waals surface area contributed by atoms with Gasteiger partial charge in [-0.05, 0) is 12.1 Å². The smallest absolute Gasteiger partial charge is 0.0889 e. The van der Waals surface area contributed by atoms with Crippen molar-refractivity contribution in [2.45, 2.75) is 13.2 Å². The molecular formula is C14H24N2O4. The molecule has 0 saturated heterocycles. The fraction of sp³-hybridized carbons (Fsp3) is 0.643. The van der Waals surface area contributed by atoms with E-state index in [0.29, 0.717) is 52.8 Å². The van der Waals surface area contributed by atoms with Gasteiger partial charge in [0.25, 0.3) is 0 Å². The van der Waals surface area contributed by atoms with Crippen molar-refractivity contribution in [3.63, 3.8) is 0 Å². The Balaban J connectivity index is 1.94. The summed E-state index contributed by atoms with van der Waals surface area (Å²) in [6.45, 7) is 4.34. The van der Waals surface area contributed by atoms with Gasteiger partial charge in [-0.25, -0.2) is 0 Å². The zero-order valence-electron chi connectivity index (χ0n) is 12.0. The maximum absolute atomic E-state index is 5.53. The second-order valence-electron chi connectivity index (χ2n) is 4.09. The summed E-state index contributed by atoms with van der Waals surface area (Å²) in [5.74, 6) is 0. The van der Waals surface area contributed by atoms with E-state index in [9.17, 15) is 0 Å². The number of nitrogens with two attached hydrogens (primary N) is 1. The molecule has 6 nitrogen and oxygen atoms in total. The van der Waals surface area contributed by atoms with Crippen LogP contribution in [0.15, 0.2) is 18.2 Å². The lowest BCUT2D eigenvalue weighted by Crippen LogP contribution is -2.11. The Morgan fingerprint density at radius 3 is 2.15 bits per heavy atom. The largest absolute Gasteiger partial charge is 0.382 e. The van der Waals surface area contributed by atoms with Crippen molar-refractivity contribution < 1.29 is 18.9 Å². The average molecular weight is 284 g/mol. The van der Waals surface area contributed by atoms with Crippen LogP contribution in [0.5, 0.6) is 0 Å². The van der Waals surface area contributed by atoms with Crippen LogP contribution < -0.4 is 5.73 Å². The van der Waals surface area contributed by atoms with Crippen molar-refractivity contribution >= 4 is 0 Å². The molecule has 1 aromatic rings. The molecule has 0 bridgehead atoms. The molecule has 114 valence electrons. The topological polar surface area (TPSA) is 75.8 Å². The SMILES string of the molecule is COCCOCCOCCOCc1cccc(CN)n1. The van der Waals surface area contributed by atoms with Gasteiger partial charge in [0.15, 0.2) is 0 Å². The minimum atomic E-state index is 0.444. The number of rotatable bonds is 12. The molecule has 0 radical (unpaired) electrons. The van der Waals surface area contributed by atoms with Crippen LogP contribution in [-0.4, -0.2) is 51.7 Å². The van der Waals surface area contributed by atoms with E-state index in [1.165, 1.54) is 0 Å². The van der Waals surface area contributed by atoms with E-state index in [0.717, 1.165) is 11.4 Å². The zero-order chi connectivity index (χ0) is 14.5. The van der Waals surface area contributed by atoms with Crippen LogP contribution >= 0.6 is 0 Å². The van der Waals surface area contributed by atoms with Crippen LogP contribution in [-0.2, 0) is 32.1 Å². The molecule has 6 heteroatoms. The quantitative estimate of drug-likeness (QED) is 0.570. The molecule has 0 spiro atoms. The number of hydrogen-bond donors (Lipinski definition) is 1. The average Bonchev–Trinajstić information content (AvgIpc) is 2.49. The third kappa shape index (κ3) is 8.19. The molecule has 0 aliphatic heterocycles. The fourth-order valence-corrected chi connectivity index (χ4v) is 1.48. The Labute approximate surface area is 120 Å². The number of nitrogens with zero attached hydrogens (tertiary/aromatic N) is 1. The maximum atomic E-state index is 5.53. The number of methoxy groups -OCH3 is 1. The predicted molar refractivity (Wildman–Crippen MR) is 75.3 cm³/mol. The molecule has 1 aromatic heterocycles. The van der Waals surface area contributed by atoms with Gasteiger partial charge in [0.1, 0.15) is 0 Å². The van der Waals surface area contributed by atoms with Crippen LogP contribution in [0.3, 0.4) is 0 Å². The van der Waals surface area contributed by atoms with E-state index in [2.05, 4.69) is 4.98 Å². The highest BCUT2D eigenvalue weighted by Gasteiger charge is 1.97. The highest BCUT2D eigenvalue weighted by molar-refractivity contribution is 5.10. The zero-order valence-corrected chi connectivity index (χ0v) is 12.0. The Morgan fingerprint density at radius 2 is 1.50 bits per heavy atom.